The van der Waals surface area contributed by atoms with E-state index >= 15 is 0 Å². The molecule has 0 radical (unpaired) electrons. The van der Waals surface area contributed by atoms with Gasteiger partial charge in [0.2, 0.25) is 0 Å². The van der Waals surface area contributed by atoms with Crippen LogP contribution in [-0.4, -0.2) is 33.9 Å². The van der Waals surface area contributed by atoms with Crippen LogP contribution in [0.2, 0.25) is 0 Å². The Hall–Kier alpha value is -1.85. The maximum Gasteiger partial charge on any atom is 0.310 e. The van der Waals surface area contributed by atoms with Crippen molar-refractivity contribution in [2.24, 2.45) is 5.41 Å². The van der Waals surface area contributed by atoms with Crippen molar-refractivity contribution in [1.82, 2.24) is 9.78 Å². The van der Waals surface area contributed by atoms with Crippen molar-refractivity contribution in [2.45, 2.75) is 39.7 Å². The molecule has 0 atom stereocenters. The quantitative estimate of drug-likeness (QED) is 0.900. The molecule has 0 spiro atoms. The average molecular weight is 279 g/mol. The van der Waals surface area contributed by atoms with Gasteiger partial charge >= 0.3 is 5.97 Å². The van der Waals surface area contributed by atoms with Crippen LogP contribution in [0.1, 0.15) is 33.1 Å². The summed E-state index contributed by atoms with van der Waals surface area (Å²) < 4.78 is 1.22. The molecule has 1 aromatic rings. The molecule has 1 N–H and O–H groups in total. The summed E-state index contributed by atoms with van der Waals surface area (Å²) >= 11 is 0. The Kier molecular flexibility index (Phi) is 4.11. The smallest absolute Gasteiger partial charge is 0.310 e. The molecule has 0 unspecified atom stereocenters. The largest absolute Gasteiger partial charge is 0.481 e. The van der Waals surface area contributed by atoms with Crippen LogP contribution in [0.3, 0.4) is 0 Å². The van der Waals surface area contributed by atoms with Crippen molar-refractivity contribution in [2.75, 3.05) is 18.0 Å². The number of anilines is 1. The summed E-state index contributed by atoms with van der Waals surface area (Å²) in [5.41, 5.74) is -0.426. The van der Waals surface area contributed by atoms with Gasteiger partial charge in [-0.3, -0.25) is 9.59 Å². The van der Waals surface area contributed by atoms with Crippen molar-refractivity contribution in [1.29, 1.82) is 0 Å². The number of aromatic nitrogens is 2. The number of carboxylic acid groups (broad SMARTS) is 1. The first-order valence-electron chi connectivity index (χ1n) is 6.96. The molecule has 2 rings (SSSR count). The molecule has 110 valence electrons. The molecule has 6 heteroatoms. The van der Waals surface area contributed by atoms with Gasteiger partial charge in [0.15, 0.2) is 0 Å². The molecule has 1 aliphatic heterocycles. The number of hydrogen-bond acceptors (Lipinski definition) is 4. The zero-order valence-electron chi connectivity index (χ0n) is 12.0. The van der Waals surface area contributed by atoms with E-state index in [2.05, 4.69) is 10.00 Å². The summed E-state index contributed by atoms with van der Waals surface area (Å²) in [5.74, 6) is -0.939. The number of piperidine rings is 1. The number of rotatable bonds is 4. The Bertz CT molecular complexity index is 545. The van der Waals surface area contributed by atoms with Crippen LogP contribution in [0.15, 0.2) is 17.1 Å². The fraction of sp³-hybridized carbons (Fsp3) is 0.643. The lowest BCUT2D eigenvalue weighted by atomic mass is 9.94. The van der Waals surface area contributed by atoms with E-state index in [1.54, 1.807) is 26.1 Å². The van der Waals surface area contributed by atoms with E-state index in [1.807, 2.05) is 0 Å². The molecule has 6 nitrogen and oxygen atoms in total. The van der Waals surface area contributed by atoms with Crippen molar-refractivity contribution >= 4 is 11.7 Å². The lowest BCUT2D eigenvalue weighted by molar-refractivity contribution is -0.147. The van der Waals surface area contributed by atoms with Gasteiger partial charge < -0.3 is 10.0 Å². The summed E-state index contributed by atoms with van der Waals surface area (Å²) in [6.07, 6.45) is 5.16. The van der Waals surface area contributed by atoms with Gasteiger partial charge in [-0.05, 0) is 33.1 Å². The molecule has 0 aliphatic carbocycles. The molecule has 1 fully saturated rings. The van der Waals surface area contributed by atoms with Gasteiger partial charge in [-0.25, -0.2) is 4.68 Å². The third-order valence-electron chi connectivity index (χ3n) is 3.70. The van der Waals surface area contributed by atoms with Gasteiger partial charge in [0.25, 0.3) is 5.56 Å². The standard InChI is InChI=1S/C14H21N3O3/c1-14(2,13(19)20)10-17-12(18)8-11(9-15-17)16-6-4-3-5-7-16/h8-9H,3-7,10H2,1-2H3,(H,19,20). The predicted molar refractivity (Wildman–Crippen MR) is 76.0 cm³/mol. The van der Waals surface area contributed by atoms with Crippen LogP contribution in [-0.2, 0) is 11.3 Å². The molecular formula is C14H21N3O3. The SMILES string of the molecule is CC(C)(Cn1ncc(N2CCCCC2)cc1=O)C(=O)O. The highest BCUT2D eigenvalue weighted by molar-refractivity contribution is 5.73. The van der Waals surface area contributed by atoms with E-state index in [0.717, 1.165) is 31.6 Å². The normalized spacial score (nSPS) is 16.2. The van der Waals surface area contributed by atoms with Gasteiger partial charge in [0.1, 0.15) is 0 Å². The number of carboxylic acids is 1. The van der Waals surface area contributed by atoms with Crippen LogP contribution in [0, 0.1) is 5.41 Å². The fourth-order valence-corrected chi connectivity index (χ4v) is 2.31. The first-order valence-corrected chi connectivity index (χ1v) is 6.96. The van der Waals surface area contributed by atoms with Gasteiger partial charge in [0.05, 0.1) is 23.8 Å². The van der Waals surface area contributed by atoms with E-state index in [1.165, 1.54) is 11.1 Å². The van der Waals surface area contributed by atoms with Crippen LogP contribution in [0.25, 0.3) is 0 Å². The predicted octanol–water partition coefficient (Wildman–Crippen LogP) is 1.34. The molecule has 0 bridgehead atoms. The number of nitrogens with zero attached hydrogens (tertiary/aromatic N) is 3. The Labute approximate surface area is 118 Å². The van der Waals surface area contributed by atoms with Crippen LogP contribution < -0.4 is 10.5 Å². The minimum atomic E-state index is -1.01. The zero-order valence-corrected chi connectivity index (χ0v) is 12.0. The Balaban J connectivity index is 2.17. The van der Waals surface area contributed by atoms with Crippen molar-refractivity contribution in [3.63, 3.8) is 0 Å². The van der Waals surface area contributed by atoms with E-state index < -0.39 is 11.4 Å². The summed E-state index contributed by atoms with van der Waals surface area (Å²) in [4.78, 5) is 25.3. The highest BCUT2D eigenvalue weighted by atomic mass is 16.4. The van der Waals surface area contributed by atoms with E-state index in [0.29, 0.717) is 0 Å². The molecule has 0 aromatic carbocycles. The highest BCUT2D eigenvalue weighted by Crippen LogP contribution is 2.19. The Morgan fingerprint density at radius 3 is 2.55 bits per heavy atom. The van der Waals surface area contributed by atoms with Gasteiger partial charge in [-0.2, -0.15) is 5.10 Å². The van der Waals surface area contributed by atoms with Gasteiger partial charge in [-0.1, -0.05) is 0 Å². The Morgan fingerprint density at radius 2 is 2.00 bits per heavy atom. The molecule has 1 aromatic heterocycles. The highest BCUT2D eigenvalue weighted by Gasteiger charge is 2.28. The molecule has 2 heterocycles. The monoisotopic (exact) mass is 279 g/mol. The number of hydrogen-bond donors (Lipinski definition) is 1. The van der Waals surface area contributed by atoms with Crippen LogP contribution >= 0.6 is 0 Å². The lowest BCUT2D eigenvalue weighted by Crippen LogP contribution is -2.36. The molecular weight excluding hydrogens is 258 g/mol. The minimum absolute atomic E-state index is 0.0709. The third-order valence-corrected chi connectivity index (χ3v) is 3.70. The molecule has 20 heavy (non-hydrogen) atoms. The molecule has 0 saturated carbocycles. The minimum Gasteiger partial charge on any atom is -0.481 e. The second-order valence-corrected chi connectivity index (χ2v) is 5.95. The molecule has 0 amide bonds. The third kappa shape index (κ3) is 3.18. The van der Waals surface area contributed by atoms with Crippen LogP contribution in [0.5, 0.6) is 0 Å². The lowest BCUT2D eigenvalue weighted by Gasteiger charge is -2.28. The van der Waals surface area contributed by atoms with Crippen molar-refractivity contribution in [3.05, 3.63) is 22.6 Å². The fourth-order valence-electron chi connectivity index (χ4n) is 2.31. The molecule has 1 aliphatic rings. The average Bonchev–Trinajstić information content (AvgIpc) is 2.41. The van der Waals surface area contributed by atoms with Gasteiger partial charge in [-0.15, -0.1) is 0 Å². The van der Waals surface area contributed by atoms with E-state index in [-0.39, 0.29) is 12.1 Å². The summed E-state index contributed by atoms with van der Waals surface area (Å²) in [7, 11) is 0. The van der Waals surface area contributed by atoms with Crippen molar-refractivity contribution in [3.8, 4) is 0 Å². The van der Waals surface area contributed by atoms with Gasteiger partial charge in [0, 0.05) is 19.2 Å². The second-order valence-electron chi connectivity index (χ2n) is 5.95. The maximum absolute atomic E-state index is 12.1. The first kappa shape index (κ1) is 14.6. The zero-order chi connectivity index (χ0) is 14.8. The number of aliphatic carboxylic acids is 1. The van der Waals surface area contributed by atoms with Crippen molar-refractivity contribution < 1.29 is 9.90 Å². The Morgan fingerprint density at radius 1 is 1.35 bits per heavy atom. The topological polar surface area (TPSA) is 75.4 Å². The summed E-state index contributed by atoms with van der Waals surface area (Å²) in [6, 6.07) is 1.55. The maximum atomic E-state index is 12.1. The van der Waals surface area contributed by atoms with Crippen LogP contribution in [0.4, 0.5) is 5.69 Å². The summed E-state index contributed by atoms with van der Waals surface area (Å²) in [6.45, 7) is 5.14. The van der Waals surface area contributed by atoms with E-state index in [4.69, 9.17) is 5.11 Å². The van der Waals surface area contributed by atoms with E-state index in [9.17, 15) is 9.59 Å². The second kappa shape index (κ2) is 5.64. The number of carbonyl (C=O) groups is 1. The first-order chi connectivity index (χ1) is 9.40. The molecule has 1 saturated heterocycles. The summed E-state index contributed by atoms with van der Waals surface area (Å²) in [5, 5.41) is 13.2.